The van der Waals surface area contributed by atoms with Gasteiger partial charge in [-0.15, -0.1) is 0 Å². The minimum absolute atomic E-state index is 0.0717. The molecule has 1 aliphatic heterocycles. The average Bonchev–Trinajstić information content (AvgIpc) is 2.03. The number of aliphatic imine (C=N–C) groups is 2. The molecule has 0 bridgehead atoms. The highest BCUT2D eigenvalue weighted by Crippen LogP contribution is 1.92. The molecule has 0 aliphatic carbocycles. The molecule has 4 nitrogen and oxygen atoms in total. The lowest BCUT2D eigenvalue weighted by atomic mass is 10.4. The largest absolute Gasteiger partial charge is 0.460 e. The highest BCUT2D eigenvalue weighted by molar-refractivity contribution is 6.37. The van der Waals surface area contributed by atoms with E-state index in [-0.39, 0.29) is 5.84 Å². The molecule has 0 saturated heterocycles. The molecule has 0 spiro atoms. The standard InChI is InChI=1S/C9H10N2O2/c1-2-13-9(12)8-10-6-4-3-5-7-11-8/h3-7H,2H2,1H3. The first kappa shape index (κ1) is 9.38. The van der Waals surface area contributed by atoms with Gasteiger partial charge in [0.1, 0.15) is 0 Å². The fraction of sp³-hybridized carbons (Fsp3) is 0.222. The lowest BCUT2D eigenvalue weighted by Gasteiger charge is -1.99. The van der Waals surface area contributed by atoms with Crippen LogP contribution in [0.25, 0.3) is 0 Å². The van der Waals surface area contributed by atoms with Gasteiger partial charge in [-0.3, -0.25) is 0 Å². The van der Waals surface area contributed by atoms with Crippen LogP contribution in [0.1, 0.15) is 6.92 Å². The van der Waals surface area contributed by atoms with Crippen LogP contribution in [-0.4, -0.2) is 24.6 Å². The summed E-state index contributed by atoms with van der Waals surface area (Å²) in [5.41, 5.74) is 0. The van der Waals surface area contributed by atoms with Gasteiger partial charge in [-0.2, -0.15) is 0 Å². The number of nitrogens with zero attached hydrogens (tertiary/aromatic N) is 2. The van der Waals surface area contributed by atoms with Crippen molar-refractivity contribution in [2.24, 2.45) is 9.98 Å². The number of carbonyl (C=O) groups excluding carboxylic acids is 1. The van der Waals surface area contributed by atoms with Gasteiger partial charge >= 0.3 is 5.97 Å². The van der Waals surface area contributed by atoms with E-state index in [1.54, 1.807) is 25.2 Å². The van der Waals surface area contributed by atoms with Crippen LogP contribution in [0.15, 0.2) is 34.4 Å². The first-order chi connectivity index (χ1) is 6.34. The van der Waals surface area contributed by atoms with Gasteiger partial charge in [0.25, 0.3) is 0 Å². The Kier molecular flexibility index (Phi) is 3.63. The Balaban J connectivity index is 2.72. The Morgan fingerprint density at radius 2 is 2.31 bits per heavy atom. The molecule has 0 aromatic carbocycles. The molecule has 0 saturated carbocycles. The third kappa shape index (κ3) is 3.02. The third-order valence-electron chi connectivity index (χ3n) is 1.25. The van der Waals surface area contributed by atoms with Crippen LogP contribution >= 0.6 is 0 Å². The molecular formula is C9H10N2O2. The fourth-order valence-corrected chi connectivity index (χ4v) is 0.725. The van der Waals surface area contributed by atoms with Gasteiger partial charge in [-0.1, -0.05) is 6.08 Å². The van der Waals surface area contributed by atoms with E-state index >= 15 is 0 Å². The quantitative estimate of drug-likeness (QED) is 0.594. The number of hydrogen-bond acceptors (Lipinski definition) is 4. The first-order valence-corrected chi connectivity index (χ1v) is 3.95. The zero-order valence-electron chi connectivity index (χ0n) is 7.30. The molecule has 1 heterocycles. The molecule has 0 amide bonds. The van der Waals surface area contributed by atoms with Crippen LogP contribution < -0.4 is 0 Å². The number of ether oxygens (including phenoxy) is 1. The second-order valence-electron chi connectivity index (χ2n) is 2.18. The van der Waals surface area contributed by atoms with Crippen LogP contribution in [-0.2, 0) is 9.53 Å². The van der Waals surface area contributed by atoms with Gasteiger partial charge < -0.3 is 4.74 Å². The Hall–Kier alpha value is -1.71. The van der Waals surface area contributed by atoms with E-state index in [2.05, 4.69) is 9.98 Å². The maximum absolute atomic E-state index is 11.1. The summed E-state index contributed by atoms with van der Waals surface area (Å²) in [5.74, 6) is -0.429. The molecule has 0 N–H and O–H groups in total. The zero-order chi connectivity index (χ0) is 9.52. The van der Waals surface area contributed by atoms with Crippen LogP contribution in [0, 0.1) is 0 Å². The molecule has 0 aromatic heterocycles. The summed E-state index contributed by atoms with van der Waals surface area (Å²) in [4.78, 5) is 18.8. The summed E-state index contributed by atoms with van der Waals surface area (Å²) in [6.45, 7) is 2.06. The van der Waals surface area contributed by atoms with Crippen molar-refractivity contribution in [2.75, 3.05) is 6.61 Å². The topological polar surface area (TPSA) is 51.0 Å². The monoisotopic (exact) mass is 178 g/mol. The molecule has 13 heavy (non-hydrogen) atoms. The van der Waals surface area contributed by atoms with E-state index in [9.17, 15) is 4.79 Å². The SMILES string of the molecule is CCOC(=O)C1=NC=CC=CC=N1. The predicted octanol–water partition coefficient (Wildman–Crippen LogP) is 1.10. The van der Waals surface area contributed by atoms with Gasteiger partial charge in [-0.25, -0.2) is 14.8 Å². The molecule has 0 atom stereocenters. The maximum Gasteiger partial charge on any atom is 0.376 e. The highest BCUT2D eigenvalue weighted by Gasteiger charge is 2.09. The molecule has 0 fully saturated rings. The van der Waals surface area contributed by atoms with E-state index in [4.69, 9.17) is 4.74 Å². The highest BCUT2D eigenvalue weighted by atomic mass is 16.5. The van der Waals surface area contributed by atoms with Gasteiger partial charge in [0.15, 0.2) is 0 Å². The lowest BCUT2D eigenvalue weighted by Crippen LogP contribution is -2.15. The molecule has 1 rings (SSSR count). The minimum atomic E-state index is -0.501. The summed E-state index contributed by atoms with van der Waals surface area (Å²) < 4.78 is 4.74. The number of hydrogen-bond donors (Lipinski definition) is 0. The molecular weight excluding hydrogens is 168 g/mol. The second-order valence-corrected chi connectivity index (χ2v) is 2.18. The normalized spacial score (nSPS) is 14.7. The third-order valence-corrected chi connectivity index (χ3v) is 1.25. The smallest absolute Gasteiger partial charge is 0.376 e. The summed E-state index contributed by atoms with van der Waals surface area (Å²) in [6, 6.07) is 0. The lowest BCUT2D eigenvalue weighted by molar-refractivity contribution is -0.135. The van der Waals surface area contributed by atoms with E-state index in [0.717, 1.165) is 0 Å². The Morgan fingerprint density at radius 3 is 3.08 bits per heavy atom. The molecule has 1 aliphatic rings. The van der Waals surface area contributed by atoms with Crippen LogP contribution in [0.2, 0.25) is 0 Å². The Morgan fingerprint density at radius 1 is 1.46 bits per heavy atom. The van der Waals surface area contributed by atoms with E-state index in [0.29, 0.717) is 6.61 Å². The van der Waals surface area contributed by atoms with Crippen molar-refractivity contribution in [3.63, 3.8) is 0 Å². The fourth-order valence-electron chi connectivity index (χ4n) is 0.725. The Bertz CT molecular complexity index is 301. The first-order valence-electron chi connectivity index (χ1n) is 3.95. The van der Waals surface area contributed by atoms with Crippen LogP contribution in [0.5, 0.6) is 0 Å². The van der Waals surface area contributed by atoms with Crippen molar-refractivity contribution in [3.8, 4) is 0 Å². The van der Waals surface area contributed by atoms with E-state index in [1.165, 1.54) is 12.4 Å². The molecule has 68 valence electrons. The van der Waals surface area contributed by atoms with Gasteiger partial charge in [0.2, 0.25) is 5.84 Å². The maximum atomic E-state index is 11.1. The summed E-state index contributed by atoms with van der Waals surface area (Å²) >= 11 is 0. The van der Waals surface area contributed by atoms with Crippen molar-refractivity contribution >= 4 is 18.0 Å². The zero-order valence-corrected chi connectivity index (χ0v) is 7.30. The number of amidine groups is 1. The minimum Gasteiger partial charge on any atom is -0.460 e. The molecule has 0 unspecified atom stereocenters. The molecule has 4 heteroatoms. The van der Waals surface area contributed by atoms with Crippen molar-refractivity contribution in [1.82, 2.24) is 0 Å². The summed E-state index contributed by atoms with van der Waals surface area (Å²) in [5, 5.41) is 0. The molecule has 0 radical (unpaired) electrons. The van der Waals surface area contributed by atoms with E-state index in [1.807, 2.05) is 0 Å². The number of esters is 1. The number of rotatable bonds is 2. The van der Waals surface area contributed by atoms with Gasteiger partial charge in [0.05, 0.1) is 6.61 Å². The van der Waals surface area contributed by atoms with Crippen molar-refractivity contribution in [1.29, 1.82) is 0 Å². The summed E-state index contributed by atoms with van der Waals surface area (Å²) in [6.07, 6.45) is 8.20. The van der Waals surface area contributed by atoms with Crippen LogP contribution in [0.3, 0.4) is 0 Å². The summed E-state index contributed by atoms with van der Waals surface area (Å²) in [7, 11) is 0. The van der Waals surface area contributed by atoms with Crippen LogP contribution in [0.4, 0.5) is 0 Å². The molecule has 0 aromatic rings. The number of allylic oxidation sites excluding steroid dienone is 3. The van der Waals surface area contributed by atoms with Crippen molar-refractivity contribution < 1.29 is 9.53 Å². The predicted molar refractivity (Wildman–Crippen MR) is 50.8 cm³/mol. The van der Waals surface area contributed by atoms with Crippen molar-refractivity contribution in [3.05, 3.63) is 24.4 Å². The average molecular weight is 178 g/mol. The van der Waals surface area contributed by atoms with Gasteiger partial charge in [-0.05, 0) is 19.1 Å². The van der Waals surface area contributed by atoms with E-state index < -0.39 is 5.97 Å². The van der Waals surface area contributed by atoms with Gasteiger partial charge in [0, 0.05) is 12.4 Å². The second kappa shape index (κ2) is 5.03. The van der Waals surface area contributed by atoms with Crippen molar-refractivity contribution in [2.45, 2.75) is 6.92 Å². The Labute approximate surface area is 76.3 Å². The number of carbonyl (C=O) groups is 1.